The van der Waals surface area contributed by atoms with Gasteiger partial charge in [0.05, 0.1) is 19.1 Å². The lowest BCUT2D eigenvalue weighted by molar-refractivity contribution is -0.149. The highest BCUT2D eigenvalue weighted by Gasteiger charge is 2.27. The molecule has 1 aliphatic rings. The molecule has 0 heterocycles. The van der Waals surface area contributed by atoms with E-state index in [4.69, 9.17) is 4.74 Å². The van der Waals surface area contributed by atoms with Crippen LogP contribution in [0.25, 0.3) is 0 Å². The van der Waals surface area contributed by atoms with Crippen LogP contribution >= 0.6 is 24.0 Å². The fourth-order valence-corrected chi connectivity index (χ4v) is 3.27. The molecule has 1 atom stereocenters. The largest absolute Gasteiger partial charge is 0.466 e. The molecule has 0 radical (unpaired) electrons. The number of aliphatic hydroxyl groups excluding tert-OH is 1. The van der Waals surface area contributed by atoms with E-state index < -0.39 is 11.9 Å². The molecule has 0 saturated heterocycles. The first-order valence-electron chi connectivity index (χ1n) is 9.69. The summed E-state index contributed by atoms with van der Waals surface area (Å²) in [6, 6.07) is 6.38. The Morgan fingerprint density at radius 2 is 1.96 bits per heavy atom. The number of guanidine groups is 1. The highest BCUT2D eigenvalue weighted by molar-refractivity contribution is 14.0. The van der Waals surface area contributed by atoms with Crippen LogP contribution < -0.4 is 10.6 Å². The van der Waals surface area contributed by atoms with Crippen LogP contribution in [0.5, 0.6) is 0 Å². The molecular formula is C20H31FIN3O3. The smallest absolute Gasteiger partial charge is 0.308 e. The molecule has 1 unspecified atom stereocenters. The molecule has 2 rings (SSSR count). The topological polar surface area (TPSA) is 83.0 Å². The van der Waals surface area contributed by atoms with E-state index in [0.29, 0.717) is 19.1 Å². The number of esters is 1. The lowest BCUT2D eigenvalue weighted by Crippen LogP contribution is -2.45. The fraction of sp³-hybridized carbons (Fsp3) is 0.600. The highest BCUT2D eigenvalue weighted by atomic mass is 127. The summed E-state index contributed by atoms with van der Waals surface area (Å²) in [5.41, 5.74) is 0.243. The maximum atomic E-state index is 13.8. The first-order valence-corrected chi connectivity index (χ1v) is 9.69. The summed E-state index contributed by atoms with van der Waals surface area (Å²) in [4.78, 5) is 16.2. The summed E-state index contributed by atoms with van der Waals surface area (Å²) >= 11 is 0. The second kappa shape index (κ2) is 12.9. The predicted molar refractivity (Wildman–Crippen MR) is 118 cm³/mol. The van der Waals surface area contributed by atoms with Crippen molar-refractivity contribution in [3.05, 3.63) is 35.6 Å². The highest BCUT2D eigenvalue weighted by Crippen LogP contribution is 2.25. The monoisotopic (exact) mass is 507 g/mol. The van der Waals surface area contributed by atoms with Crippen LogP contribution in [0.15, 0.2) is 29.3 Å². The minimum absolute atomic E-state index is 0. The van der Waals surface area contributed by atoms with E-state index in [9.17, 15) is 14.3 Å². The first-order chi connectivity index (χ1) is 13.0. The minimum atomic E-state index is -0.999. The summed E-state index contributed by atoms with van der Waals surface area (Å²) in [6.45, 7) is 4.94. The standard InChI is InChI=1S/C20H30FN3O3.HI/c1-3-22-20(23-13-18(25)16-7-5-6-8-17(16)21)24-15-11-9-14(10-12-15)19(26)27-4-2;/h5-8,14-15,18,25H,3-4,9-13H2,1-2H3,(H2,22,23,24);1H. The molecule has 1 aromatic carbocycles. The molecule has 6 nitrogen and oxygen atoms in total. The van der Waals surface area contributed by atoms with Crippen LogP contribution in [0, 0.1) is 11.7 Å². The molecule has 28 heavy (non-hydrogen) atoms. The molecule has 0 amide bonds. The van der Waals surface area contributed by atoms with Crippen molar-refractivity contribution in [3.8, 4) is 0 Å². The number of nitrogens with zero attached hydrogens (tertiary/aromatic N) is 1. The molecule has 1 aromatic rings. The van der Waals surface area contributed by atoms with Gasteiger partial charge in [-0.15, -0.1) is 24.0 Å². The van der Waals surface area contributed by atoms with Gasteiger partial charge in [-0.2, -0.15) is 0 Å². The third-order valence-corrected chi connectivity index (χ3v) is 4.72. The van der Waals surface area contributed by atoms with Crippen molar-refractivity contribution >= 4 is 35.9 Å². The van der Waals surface area contributed by atoms with Crippen LogP contribution in [0.1, 0.15) is 51.2 Å². The molecule has 1 saturated carbocycles. The van der Waals surface area contributed by atoms with Crippen LogP contribution in [-0.2, 0) is 9.53 Å². The number of hydrogen-bond donors (Lipinski definition) is 3. The summed E-state index contributed by atoms with van der Waals surface area (Å²) < 4.78 is 18.9. The van der Waals surface area contributed by atoms with Gasteiger partial charge in [0.1, 0.15) is 11.9 Å². The molecule has 3 N–H and O–H groups in total. The van der Waals surface area contributed by atoms with Gasteiger partial charge in [0, 0.05) is 18.2 Å². The average Bonchev–Trinajstić information content (AvgIpc) is 2.67. The third-order valence-electron chi connectivity index (χ3n) is 4.72. The lowest BCUT2D eigenvalue weighted by Gasteiger charge is -2.29. The van der Waals surface area contributed by atoms with Crippen molar-refractivity contribution < 1.29 is 19.0 Å². The number of benzene rings is 1. The van der Waals surface area contributed by atoms with Crippen molar-refractivity contribution in [1.82, 2.24) is 10.6 Å². The van der Waals surface area contributed by atoms with Gasteiger partial charge >= 0.3 is 5.97 Å². The Morgan fingerprint density at radius 3 is 2.57 bits per heavy atom. The van der Waals surface area contributed by atoms with E-state index in [-0.39, 0.29) is 54.0 Å². The van der Waals surface area contributed by atoms with E-state index in [1.807, 2.05) is 13.8 Å². The van der Waals surface area contributed by atoms with Gasteiger partial charge in [0.2, 0.25) is 0 Å². The van der Waals surface area contributed by atoms with Crippen molar-refractivity contribution in [2.45, 2.75) is 51.7 Å². The molecule has 8 heteroatoms. The zero-order chi connectivity index (χ0) is 19.6. The molecule has 0 spiro atoms. The van der Waals surface area contributed by atoms with Crippen LogP contribution in [0.3, 0.4) is 0 Å². The number of carbonyl (C=O) groups excluding carboxylic acids is 1. The number of rotatable bonds is 7. The summed E-state index contributed by atoms with van der Waals surface area (Å²) in [6.07, 6.45) is 2.27. The van der Waals surface area contributed by atoms with Crippen molar-refractivity contribution in [2.75, 3.05) is 19.7 Å². The summed E-state index contributed by atoms with van der Waals surface area (Å²) in [7, 11) is 0. The van der Waals surface area contributed by atoms with Gasteiger partial charge in [-0.1, -0.05) is 18.2 Å². The average molecular weight is 507 g/mol. The molecule has 0 aromatic heterocycles. The lowest BCUT2D eigenvalue weighted by atomic mass is 9.86. The summed E-state index contributed by atoms with van der Waals surface area (Å²) in [5.74, 6) is 0.0258. The van der Waals surface area contributed by atoms with E-state index in [0.717, 1.165) is 25.7 Å². The first kappa shape index (κ1) is 24.6. The Hall–Kier alpha value is -1.42. The van der Waals surface area contributed by atoms with Crippen LogP contribution in [-0.4, -0.2) is 42.8 Å². The fourth-order valence-electron chi connectivity index (χ4n) is 3.27. The predicted octanol–water partition coefficient (Wildman–Crippen LogP) is 3.15. The number of hydrogen-bond acceptors (Lipinski definition) is 4. The SMILES string of the molecule is CCNC(=NCC(O)c1ccccc1F)NC1CCC(C(=O)OCC)CC1.I. The minimum Gasteiger partial charge on any atom is -0.466 e. The van der Waals surface area contributed by atoms with E-state index in [1.54, 1.807) is 18.2 Å². The second-order valence-electron chi connectivity index (χ2n) is 6.70. The summed E-state index contributed by atoms with van der Waals surface area (Å²) in [5, 5.41) is 16.7. The van der Waals surface area contributed by atoms with Gasteiger partial charge in [0.15, 0.2) is 5.96 Å². The second-order valence-corrected chi connectivity index (χ2v) is 6.70. The molecule has 158 valence electrons. The number of aliphatic hydroxyl groups is 1. The number of halogens is 2. The van der Waals surface area contributed by atoms with E-state index >= 15 is 0 Å². The molecule has 0 bridgehead atoms. The van der Waals surface area contributed by atoms with Gasteiger partial charge < -0.3 is 20.5 Å². The van der Waals surface area contributed by atoms with E-state index in [2.05, 4.69) is 15.6 Å². The zero-order valence-electron chi connectivity index (χ0n) is 16.5. The Morgan fingerprint density at radius 1 is 1.29 bits per heavy atom. The number of aliphatic imine (C=N–C) groups is 1. The Bertz CT molecular complexity index is 637. The molecule has 1 aliphatic carbocycles. The number of carbonyl (C=O) groups is 1. The number of ether oxygens (including phenoxy) is 1. The molecule has 1 fully saturated rings. The normalized spacial score (nSPS) is 20.6. The van der Waals surface area contributed by atoms with Crippen LogP contribution in [0.2, 0.25) is 0 Å². The van der Waals surface area contributed by atoms with E-state index in [1.165, 1.54) is 6.07 Å². The third kappa shape index (κ3) is 7.54. The zero-order valence-corrected chi connectivity index (χ0v) is 18.8. The number of nitrogens with one attached hydrogen (secondary N) is 2. The molecular weight excluding hydrogens is 476 g/mol. The van der Waals surface area contributed by atoms with Gasteiger partial charge in [-0.3, -0.25) is 9.79 Å². The van der Waals surface area contributed by atoms with Gasteiger partial charge in [-0.05, 0) is 45.6 Å². The van der Waals surface area contributed by atoms with Gasteiger partial charge in [0.25, 0.3) is 0 Å². The molecule has 0 aliphatic heterocycles. The Labute approximate surface area is 183 Å². The van der Waals surface area contributed by atoms with Crippen LogP contribution in [0.4, 0.5) is 4.39 Å². The Kier molecular flexibility index (Phi) is 11.4. The van der Waals surface area contributed by atoms with Gasteiger partial charge in [-0.25, -0.2) is 4.39 Å². The van der Waals surface area contributed by atoms with Crippen molar-refractivity contribution in [2.24, 2.45) is 10.9 Å². The quantitative estimate of drug-likeness (QED) is 0.229. The maximum Gasteiger partial charge on any atom is 0.308 e. The van der Waals surface area contributed by atoms with Crippen molar-refractivity contribution in [1.29, 1.82) is 0 Å². The van der Waals surface area contributed by atoms with Crippen molar-refractivity contribution in [3.63, 3.8) is 0 Å². The Balaban J connectivity index is 0.00000392. The maximum absolute atomic E-state index is 13.8.